The molecule has 4 aromatic rings. The molecular weight excluding hydrogens is 419 g/mol. The molecule has 0 radical (unpaired) electrons. The Morgan fingerprint density at radius 1 is 0.818 bits per heavy atom. The first-order valence-corrected chi connectivity index (χ1v) is 10.3. The normalized spacial score (nSPS) is 13.5. The third-order valence-electron chi connectivity index (χ3n) is 5.25. The quantitative estimate of drug-likeness (QED) is 0.213. The average Bonchev–Trinajstić information content (AvgIpc) is 3.15. The predicted octanol–water partition coefficient (Wildman–Crippen LogP) is 6.33. The van der Waals surface area contributed by atoms with Crippen LogP contribution in [0.4, 0.5) is 4.39 Å². The molecule has 0 fully saturated rings. The summed E-state index contributed by atoms with van der Waals surface area (Å²) >= 11 is 0. The summed E-state index contributed by atoms with van der Waals surface area (Å²) < 4.78 is 24.1. The molecule has 0 bridgehead atoms. The number of Topliss-reactive ketones (excluding diaryl/α,β-unsaturated/α-hetero) is 1. The fraction of sp³-hybridized carbons (Fsp3) is 0. The summed E-state index contributed by atoms with van der Waals surface area (Å²) in [5, 5.41) is 0. The summed E-state index contributed by atoms with van der Waals surface area (Å²) in [6, 6.07) is 27.5. The van der Waals surface area contributed by atoms with E-state index in [9.17, 15) is 14.0 Å². The molecule has 5 heteroatoms. The van der Waals surface area contributed by atoms with E-state index in [1.54, 1.807) is 12.1 Å². The van der Waals surface area contributed by atoms with Crippen molar-refractivity contribution in [3.63, 3.8) is 0 Å². The first-order chi connectivity index (χ1) is 16.1. The topological polar surface area (TPSA) is 52.6 Å². The van der Waals surface area contributed by atoms with E-state index >= 15 is 0 Å². The molecule has 1 aliphatic rings. The van der Waals surface area contributed by atoms with Crippen LogP contribution in [-0.2, 0) is 0 Å². The number of hydrogen-bond donors (Lipinski definition) is 0. The van der Waals surface area contributed by atoms with Gasteiger partial charge in [0.2, 0.25) is 5.78 Å². The number of hydrogen-bond acceptors (Lipinski definition) is 4. The van der Waals surface area contributed by atoms with Crippen LogP contribution >= 0.6 is 0 Å². The maximum absolute atomic E-state index is 13.0. The van der Waals surface area contributed by atoms with Crippen LogP contribution in [0, 0.1) is 5.82 Å². The Morgan fingerprint density at radius 3 is 2.24 bits per heavy atom. The van der Waals surface area contributed by atoms with Crippen LogP contribution < -0.4 is 9.47 Å². The maximum atomic E-state index is 13.0. The molecule has 0 amide bonds. The van der Waals surface area contributed by atoms with Crippen LogP contribution in [0.25, 0.3) is 17.2 Å². The van der Waals surface area contributed by atoms with Crippen LogP contribution in [0.1, 0.15) is 26.3 Å². The molecule has 0 spiro atoms. The molecule has 0 saturated heterocycles. The third-order valence-corrected chi connectivity index (χ3v) is 5.25. The second-order valence-corrected chi connectivity index (χ2v) is 7.48. The SMILES string of the molecule is O=C(Oc1ccc2c(c1)O/C(=C\c1ccc(-c3ccccc3)cc1)C2=O)c1ccc(F)cc1. The van der Waals surface area contributed by atoms with E-state index in [0.717, 1.165) is 16.7 Å². The zero-order valence-corrected chi connectivity index (χ0v) is 17.3. The van der Waals surface area contributed by atoms with Crippen molar-refractivity contribution in [2.45, 2.75) is 0 Å². The van der Waals surface area contributed by atoms with Gasteiger partial charge in [-0.1, -0.05) is 54.6 Å². The zero-order chi connectivity index (χ0) is 22.8. The lowest BCUT2D eigenvalue weighted by Crippen LogP contribution is -2.08. The lowest BCUT2D eigenvalue weighted by Gasteiger charge is -2.05. The fourth-order valence-electron chi connectivity index (χ4n) is 3.54. The predicted molar refractivity (Wildman–Crippen MR) is 123 cm³/mol. The van der Waals surface area contributed by atoms with E-state index in [1.807, 2.05) is 54.6 Å². The monoisotopic (exact) mass is 436 g/mol. The largest absolute Gasteiger partial charge is 0.452 e. The molecule has 160 valence electrons. The van der Waals surface area contributed by atoms with Crippen molar-refractivity contribution < 1.29 is 23.5 Å². The highest BCUT2D eigenvalue weighted by Gasteiger charge is 2.28. The summed E-state index contributed by atoms with van der Waals surface area (Å²) in [6.45, 7) is 0. The lowest BCUT2D eigenvalue weighted by molar-refractivity contribution is 0.0734. The number of rotatable bonds is 4. The van der Waals surface area contributed by atoms with Gasteiger partial charge in [0.05, 0.1) is 11.1 Å². The highest BCUT2D eigenvalue weighted by Crippen LogP contribution is 2.35. The van der Waals surface area contributed by atoms with Crippen molar-refractivity contribution in [1.82, 2.24) is 0 Å². The molecule has 4 nitrogen and oxygen atoms in total. The van der Waals surface area contributed by atoms with Gasteiger partial charge in [0.1, 0.15) is 17.3 Å². The molecule has 5 rings (SSSR count). The Bertz CT molecular complexity index is 1370. The maximum Gasteiger partial charge on any atom is 0.343 e. The first kappa shape index (κ1) is 20.4. The van der Waals surface area contributed by atoms with E-state index in [2.05, 4.69) is 0 Å². The Balaban J connectivity index is 1.33. The number of allylic oxidation sites excluding steroid dienone is 1. The summed E-state index contributed by atoms with van der Waals surface area (Å²) in [6.07, 6.45) is 1.68. The highest BCUT2D eigenvalue weighted by molar-refractivity contribution is 6.14. The molecule has 0 atom stereocenters. The molecule has 0 unspecified atom stereocenters. The minimum atomic E-state index is -0.631. The Hall–Kier alpha value is -4.51. The minimum Gasteiger partial charge on any atom is -0.452 e. The first-order valence-electron chi connectivity index (χ1n) is 10.3. The van der Waals surface area contributed by atoms with Crippen LogP contribution in [0.3, 0.4) is 0 Å². The average molecular weight is 436 g/mol. The van der Waals surface area contributed by atoms with Crippen LogP contribution in [0.5, 0.6) is 11.5 Å². The van der Waals surface area contributed by atoms with E-state index in [4.69, 9.17) is 9.47 Å². The number of ether oxygens (including phenoxy) is 2. The van der Waals surface area contributed by atoms with E-state index in [1.165, 1.54) is 36.4 Å². The molecular formula is C28H17FO4. The van der Waals surface area contributed by atoms with Crippen LogP contribution in [-0.4, -0.2) is 11.8 Å². The molecule has 1 aliphatic heterocycles. The minimum absolute atomic E-state index is 0.194. The third kappa shape index (κ3) is 4.29. The Morgan fingerprint density at radius 2 is 1.52 bits per heavy atom. The standard InChI is InChI=1S/C28H17FO4/c29-22-12-10-21(11-13-22)28(31)32-23-14-15-24-25(17-23)33-26(27(24)30)16-18-6-8-20(9-7-18)19-4-2-1-3-5-19/h1-17H/b26-16-. The number of benzene rings is 4. The number of halogens is 1. The molecule has 0 N–H and O–H groups in total. The summed E-state index contributed by atoms with van der Waals surface area (Å²) in [4.78, 5) is 25.0. The van der Waals surface area contributed by atoms with Gasteiger partial charge in [-0.2, -0.15) is 0 Å². The Labute approximate surface area is 189 Å². The van der Waals surface area contributed by atoms with Crippen molar-refractivity contribution in [1.29, 1.82) is 0 Å². The van der Waals surface area contributed by atoms with Gasteiger partial charge in [0.15, 0.2) is 5.76 Å². The number of carbonyl (C=O) groups is 2. The summed E-state index contributed by atoms with van der Waals surface area (Å²) in [5.41, 5.74) is 3.62. The second kappa shape index (κ2) is 8.55. The molecule has 1 heterocycles. The van der Waals surface area contributed by atoms with Crippen LogP contribution in [0.15, 0.2) is 103 Å². The fourth-order valence-corrected chi connectivity index (χ4v) is 3.54. The number of fused-ring (bicyclic) bond motifs is 1. The van der Waals surface area contributed by atoms with E-state index < -0.39 is 11.8 Å². The molecule has 4 aromatic carbocycles. The van der Waals surface area contributed by atoms with Gasteiger partial charge in [-0.3, -0.25) is 4.79 Å². The van der Waals surface area contributed by atoms with Gasteiger partial charge in [0.25, 0.3) is 0 Å². The lowest BCUT2D eigenvalue weighted by atomic mass is 10.0. The van der Waals surface area contributed by atoms with Gasteiger partial charge < -0.3 is 9.47 Å². The van der Waals surface area contributed by atoms with Gasteiger partial charge in [-0.05, 0) is 59.2 Å². The Kier molecular flexibility index (Phi) is 5.29. The summed E-state index contributed by atoms with van der Waals surface area (Å²) in [5.74, 6) is -0.576. The van der Waals surface area contributed by atoms with Crippen molar-refractivity contribution in [2.75, 3.05) is 0 Å². The highest BCUT2D eigenvalue weighted by atomic mass is 19.1. The van der Waals surface area contributed by atoms with Gasteiger partial charge in [-0.25, -0.2) is 9.18 Å². The zero-order valence-electron chi connectivity index (χ0n) is 17.3. The second-order valence-electron chi connectivity index (χ2n) is 7.48. The van der Waals surface area contributed by atoms with Crippen molar-refractivity contribution in [3.8, 4) is 22.6 Å². The van der Waals surface area contributed by atoms with Crippen molar-refractivity contribution in [2.24, 2.45) is 0 Å². The summed E-state index contributed by atoms with van der Waals surface area (Å²) in [7, 11) is 0. The molecule has 0 aromatic heterocycles. The molecule has 33 heavy (non-hydrogen) atoms. The number of carbonyl (C=O) groups excluding carboxylic acids is 2. The van der Waals surface area contributed by atoms with Gasteiger partial charge in [0, 0.05) is 6.07 Å². The van der Waals surface area contributed by atoms with Crippen LogP contribution in [0.2, 0.25) is 0 Å². The molecule has 0 aliphatic carbocycles. The van der Waals surface area contributed by atoms with Crippen molar-refractivity contribution >= 4 is 17.8 Å². The van der Waals surface area contributed by atoms with E-state index in [0.29, 0.717) is 11.3 Å². The van der Waals surface area contributed by atoms with Crippen molar-refractivity contribution in [3.05, 3.63) is 125 Å². The smallest absolute Gasteiger partial charge is 0.343 e. The van der Waals surface area contributed by atoms with E-state index in [-0.39, 0.29) is 22.9 Å². The number of ketones is 1. The van der Waals surface area contributed by atoms with Gasteiger partial charge >= 0.3 is 5.97 Å². The molecule has 0 saturated carbocycles. The van der Waals surface area contributed by atoms with Gasteiger partial charge in [-0.15, -0.1) is 0 Å². The number of esters is 1.